The molecule has 0 amide bonds. The maximum atomic E-state index is 10.5. The molecule has 3 saturated heterocycles. The molecule has 10 heteroatoms. The highest BCUT2D eigenvalue weighted by atomic mass is 32.2. The maximum absolute atomic E-state index is 10.5. The van der Waals surface area contributed by atoms with Crippen LogP contribution in [0.5, 0.6) is 0 Å². The van der Waals surface area contributed by atoms with E-state index in [0.29, 0.717) is 31.4 Å². The number of nitrogens with zero attached hydrogens (tertiary/aromatic N) is 3. The van der Waals surface area contributed by atoms with Gasteiger partial charge >= 0.3 is 5.97 Å². The van der Waals surface area contributed by atoms with Crippen molar-refractivity contribution < 1.29 is 30.0 Å². The van der Waals surface area contributed by atoms with Crippen LogP contribution in [0.2, 0.25) is 0 Å². The molecule has 2 unspecified atom stereocenters. The van der Waals surface area contributed by atoms with Crippen LogP contribution in [0.15, 0.2) is 12.3 Å². The van der Waals surface area contributed by atoms with Crippen LogP contribution in [-0.2, 0) is 9.53 Å². The highest BCUT2D eigenvalue weighted by Gasteiger charge is 2.24. The lowest BCUT2D eigenvalue weighted by Crippen LogP contribution is -2.45. The summed E-state index contributed by atoms with van der Waals surface area (Å²) >= 11 is 1.53. The minimum absolute atomic E-state index is 0. The zero-order valence-electron chi connectivity index (χ0n) is 18.4. The molecule has 0 aromatic carbocycles. The zero-order chi connectivity index (χ0) is 22.7. The number of likely N-dealkylation sites (tertiary alicyclic amines) is 1. The third-order valence-electron chi connectivity index (χ3n) is 5.36. The number of carbonyl (C=O) groups is 1. The number of thioether (sulfide) groups is 1. The van der Waals surface area contributed by atoms with Gasteiger partial charge in [0.25, 0.3) is 0 Å². The lowest BCUT2D eigenvalue weighted by atomic mass is 9.96. The van der Waals surface area contributed by atoms with Crippen LogP contribution in [0.4, 0.5) is 0 Å². The Morgan fingerprint density at radius 2 is 1.58 bits per heavy atom. The van der Waals surface area contributed by atoms with Crippen LogP contribution in [0.1, 0.15) is 20.3 Å². The second-order valence-corrected chi connectivity index (χ2v) is 9.42. The third kappa shape index (κ3) is 12.7. The summed E-state index contributed by atoms with van der Waals surface area (Å²) in [7, 11) is 5.99. The minimum atomic E-state index is -1.34. The molecule has 0 saturated carbocycles. The van der Waals surface area contributed by atoms with Gasteiger partial charge < -0.3 is 39.9 Å². The van der Waals surface area contributed by atoms with Crippen LogP contribution < -0.4 is 0 Å². The summed E-state index contributed by atoms with van der Waals surface area (Å²) < 4.78 is 5.07. The largest absolute Gasteiger partial charge is 0.513 e. The molecule has 0 radical (unpaired) electrons. The second kappa shape index (κ2) is 15.8. The van der Waals surface area contributed by atoms with Gasteiger partial charge in [0.2, 0.25) is 0 Å². The Bertz CT molecular complexity index is 517. The number of hydrogen-bond donors (Lipinski definition) is 4. The van der Waals surface area contributed by atoms with Gasteiger partial charge in [-0.25, -0.2) is 0 Å². The SMILES string of the molecule is C.C=C(O)C1CCN(C)CC1.CN1CCOC(C(O)O)C1.CN1CCSC(C(=O)O)C1. The Balaban J connectivity index is 0.000000429. The Kier molecular flexibility index (Phi) is 15.4. The normalized spacial score (nSPS) is 26.0. The molecule has 3 aliphatic rings. The number of hydrogen-bond acceptors (Lipinski definition) is 9. The molecule has 3 heterocycles. The van der Waals surface area contributed by atoms with Gasteiger partial charge in [0.1, 0.15) is 11.4 Å². The van der Waals surface area contributed by atoms with Crippen molar-refractivity contribution in [1.29, 1.82) is 0 Å². The van der Waals surface area contributed by atoms with E-state index in [4.69, 9.17) is 25.2 Å². The van der Waals surface area contributed by atoms with Crippen molar-refractivity contribution in [1.82, 2.24) is 14.7 Å². The first-order valence-electron chi connectivity index (χ1n) is 10.4. The zero-order valence-corrected chi connectivity index (χ0v) is 19.3. The smallest absolute Gasteiger partial charge is 0.317 e. The van der Waals surface area contributed by atoms with Crippen molar-refractivity contribution in [3.63, 3.8) is 0 Å². The molecule has 0 bridgehead atoms. The van der Waals surface area contributed by atoms with Gasteiger partial charge in [-0.3, -0.25) is 4.79 Å². The van der Waals surface area contributed by atoms with E-state index < -0.39 is 18.4 Å². The molecular weight excluding hydrogens is 422 g/mol. The number of rotatable bonds is 3. The highest BCUT2D eigenvalue weighted by Crippen LogP contribution is 2.20. The maximum Gasteiger partial charge on any atom is 0.317 e. The summed E-state index contributed by atoms with van der Waals surface area (Å²) in [4.78, 5) is 16.8. The number of allylic oxidation sites excluding steroid dienone is 1. The number of piperidine rings is 1. The van der Waals surface area contributed by atoms with Crippen LogP contribution >= 0.6 is 11.8 Å². The minimum Gasteiger partial charge on any atom is -0.513 e. The fourth-order valence-corrected chi connectivity index (χ4v) is 4.46. The van der Waals surface area contributed by atoms with E-state index in [-0.39, 0.29) is 12.7 Å². The van der Waals surface area contributed by atoms with Crippen molar-refractivity contribution in [2.45, 2.75) is 37.9 Å². The monoisotopic (exact) mass is 465 g/mol. The molecule has 3 rings (SSSR count). The molecule has 0 spiro atoms. The molecule has 3 aliphatic heterocycles. The van der Waals surface area contributed by atoms with E-state index in [1.165, 1.54) is 11.8 Å². The number of carboxylic acid groups (broad SMARTS) is 1. The van der Waals surface area contributed by atoms with E-state index in [0.717, 1.165) is 44.8 Å². The van der Waals surface area contributed by atoms with Gasteiger partial charge in [-0.15, -0.1) is 11.8 Å². The predicted molar refractivity (Wildman–Crippen MR) is 126 cm³/mol. The van der Waals surface area contributed by atoms with E-state index in [9.17, 15) is 4.79 Å². The first-order chi connectivity index (χ1) is 14.1. The van der Waals surface area contributed by atoms with Crippen molar-refractivity contribution in [2.75, 3.05) is 72.8 Å². The standard InChI is InChI=1S/C8H15NO.C6H13NO3.C6H11NO2S.CH4/c1-7(10)8-3-5-9(2)6-4-8;2*1-7-2-3-10-5(4-7)6(8)9;/h8,10H,1,3-6H2,2H3;5-6,8-9H,2-4H2,1H3;5H,2-4H2,1H3,(H,8,9);1H4. The number of likely N-dealkylation sites (N-methyl/N-ethyl adjacent to an activating group) is 1. The van der Waals surface area contributed by atoms with Crippen molar-refractivity contribution in [3.8, 4) is 0 Å². The number of carboxylic acids is 1. The lowest BCUT2D eigenvalue weighted by Gasteiger charge is -2.30. The molecule has 0 aromatic heterocycles. The van der Waals surface area contributed by atoms with Gasteiger partial charge in [0.05, 0.1) is 12.4 Å². The Morgan fingerprint density at radius 3 is 1.97 bits per heavy atom. The van der Waals surface area contributed by atoms with Gasteiger partial charge in [-0.2, -0.15) is 0 Å². The summed E-state index contributed by atoms with van der Waals surface area (Å²) in [5, 5.41) is 34.8. The third-order valence-corrected chi connectivity index (χ3v) is 6.54. The fraction of sp³-hybridized carbons (Fsp3) is 0.857. The molecule has 31 heavy (non-hydrogen) atoms. The first kappa shape index (κ1) is 30.1. The summed E-state index contributed by atoms with van der Waals surface area (Å²) in [5.74, 6) is 0.980. The van der Waals surface area contributed by atoms with E-state index >= 15 is 0 Å². The molecule has 9 nitrogen and oxygen atoms in total. The molecule has 0 aliphatic carbocycles. The summed E-state index contributed by atoms with van der Waals surface area (Å²) in [6.45, 7) is 9.45. The van der Waals surface area contributed by atoms with E-state index in [1.807, 2.05) is 19.0 Å². The quantitative estimate of drug-likeness (QED) is 0.352. The number of ether oxygens (including phenoxy) is 1. The van der Waals surface area contributed by atoms with Crippen molar-refractivity contribution in [3.05, 3.63) is 12.3 Å². The highest BCUT2D eigenvalue weighted by molar-refractivity contribution is 8.00. The second-order valence-electron chi connectivity index (χ2n) is 8.11. The number of aliphatic hydroxyl groups is 3. The lowest BCUT2D eigenvalue weighted by molar-refractivity contribution is -0.167. The summed E-state index contributed by atoms with van der Waals surface area (Å²) in [6, 6.07) is 0. The number of aliphatic hydroxyl groups excluding tert-OH is 2. The molecular formula is C21H43N3O6S. The van der Waals surface area contributed by atoms with Crippen molar-refractivity contribution in [2.24, 2.45) is 5.92 Å². The summed E-state index contributed by atoms with van der Waals surface area (Å²) in [6.07, 6.45) is 0.346. The average molecular weight is 466 g/mol. The van der Waals surface area contributed by atoms with Crippen LogP contribution in [0.25, 0.3) is 0 Å². The van der Waals surface area contributed by atoms with E-state index in [2.05, 4.69) is 23.4 Å². The van der Waals surface area contributed by atoms with Crippen LogP contribution in [0.3, 0.4) is 0 Å². The number of morpholine rings is 1. The van der Waals surface area contributed by atoms with Crippen LogP contribution in [-0.4, -0.2) is 132 Å². The van der Waals surface area contributed by atoms with Gasteiger partial charge in [-0.1, -0.05) is 14.0 Å². The molecule has 0 aromatic rings. The van der Waals surface area contributed by atoms with Crippen LogP contribution in [0, 0.1) is 5.92 Å². The first-order valence-corrected chi connectivity index (χ1v) is 11.4. The van der Waals surface area contributed by atoms with Gasteiger partial charge in [-0.05, 0) is 47.1 Å². The molecule has 3 fully saturated rings. The van der Waals surface area contributed by atoms with Crippen molar-refractivity contribution >= 4 is 17.7 Å². The molecule has 4 N–H and O–H groups in total. The Labute approximate surface area is 191 Å². The average Bonchev–Trinajstić information content (AvgIpc) is 2.69. The number of aliphatic carboxylic acids is 1. The Hall–Kier alpha value is -0.880. The molecule has 184 valence electrons. The Morgan fingerprint density at radius 1 is 1.00 bits per heavy atom. The topological polar surface area (TPSA) is 117 Å². The van der Waals surface area contributed by atoms with Gasteiger partial charge in [0, 0.05) is 37.8 Å². The summed E-state index contributed by atoms with van der Waals surface area (Å²) in [5.41, 5.74) is 0. The van der Waals surface area contributed by atoms with Gasteiger partial charge in [0.15, 0.2) is 6.29 Å². The molecule has 2 atom stereocenters. The van der Waals surface area contributed by atoms with E-state index in [1.54, 1.807) is 0 Å². The fourth-order valence-electron chi connectivity index (χ4n) is 3.26. The predicted octanol–water partition coefficient (Wildman–Crippen LogP) is 0.782.